The van der Waals surface area contributed by atoms with E-state index < -0.39 is 17.6 Å². The minimum absolute atomic E-state index is 0.624. The van der Waals surface area contributed by atoms with Gasteiger partial charge in [0.1, 0.15) is 0 Å². The zero-order valence-electron chi connectivity index (χ0n) is 31.2. The van der Waals surface area contributed by atoms with Crippen LogP contribution in [0.2, 0.25) is 24.2 Å². The van der Waals surface area contributed by atoms with E-state index in [1.165, 1.54) is 177 Å². The molecule has 0 N–H and O–H groups in total. The molecule has 0 aromatic heterocycles. The predicted octanol–water partition coefficient (Wildman–Crippen LogP) is 13.4. The van der Waals surface area contributed by atoms with Gasteiger partial charge in [0.25, 0.3) is 0 Å². The minimum Gasteiger partial charge on any atom is -0.382 e. The first-order valence-corrected chi connectivity index (χ1v) is 27.2. The molecule has 0 spiro atoms. The molecule has 2 unspecified atom stereocenters. The molecule has 0 rings (SSSR count). The lowest BCUT2D eigenvalue weighted by molar-refractivity contribution is 0.0918. The predicted molar refractivity (Wildman–Crippen MR) is 214 cm³/mol. The molecule has 0 aromatic rings. The molecule has 0 aromatic carbocycles. The molecule has 0 amide bonds. The zero-order chi connectivity index (χ0) is 32.4. The van der Waals surface area contributed by atoms with Crippen LogP contribution in [0.1, 0.15) is 183 Å². The van der Waals surface area contributed by atoms with E-state index in [1.54, 1.807) is 0 Å². The molecular formula is C38H82O2S2Si2. The van der Waals surface area contributed by atoms with E-state index in [0.717, 1.165) is 13.2 Å². The molecule has 0 saturated carbocycles. The lowest BCUT2D eigenvalue weighted by Gasteiger charge is -2.27. The van der Waals surface area contributed by atoms with Crippen LogP contribution in [0.4, 0.5) is 0 Å². The van der Waals surface area contributed by atoms with Gasteiger partial charge in [0, 0.05) is 36.2 Å². The number of ether oxygens (including phenoxy) is 2. The standard InChI is InChI=1S/C38H82O2S2Si2/c1-7-13-19-29-39-37(43(33-21-15-9-3)34-22-16-10-4)27-25-31-41-42-32-26-28-38(40-30-20-14-8-2)44(35-23-17-11-5)36-24-18-12-6/h37-38,43-44H,7-36H2,1-6H3. The Kier molecular flexibility index (Phi) is 37.8. The van der Waals surface area contributed by atoms with Gasteiger partial charge < -0.3 is 9.47 Å². The summed E-state index contributed by atoms with van der Waals surface area (Å²) >= 11 is 0. The van der Waals surface area contributed by atoms with Crippen molar-refractivity contribution < 1.29 is 9.47 Å². The molecule has 0 aliphatic rings. The molecule has 0 aliphatic heterocycles. The summed E-state index contributed by atoms with van der Waals surface area (Å²) in [5.41, 5.74) is 1.25. The van der Waals surface area contributed by atoms with Gasteiger partial charge in [-0.3, -0.25) is 0 Å². The van der Waals surface area contributed by atoms with Crippen LogP contribution in [0.5, 0.6) is 0 Å². The average molecular weight is 691 g/mol. The molecule has 0 fully saturated rings. The van der Waals surface area contributed by atoms with Crippen LogP contribution in [-0.4, -0.2) is 53.8 Å². The van der Waals surface area contributed by atoms with Crippen molar-refractivity contribution in [1.82, 2.24) is 0 Å². The van der Waals surface area contributed by atoms with Crippen LogP contribution in [-0.2, 0) is 9.47 Å². The van der Waals surface area contributed by atoms with E-state index in [-0.39, 0.29) is 0 Å². The monoisotopic (exact) mass is 691 g/mol. The normalized spacial score (nSPS) is 13.4. The summed E-state index contributed by atoms with van der Waals surface area (Å²) in [7, 11) is 2.61. The summed E-state index contributed by atoms with van der Waals surface area (Å²) in [6.45, 7) is 16.0. The highest BCUT2D eigenvalue weighted by molar-refractivity contribution is 8.76. The fourth-order valence-electron chi connectivity index (χ4n) is 6.55. The molecule has 2 atom stereocenters. The van der Waals surface area contributed by atoms with Crippen LogP contribution in [0.25, 0.3) is 0 Å². The van der Waals surface area contributed by atoms with Crippen LogP contribution in [0, 0.1) is 0 Å². The quantitative estimate of drug-likeness (QED) is 0.0367. The fourth-order valence-corrected chi connectivity index (χ4v) is 16.3. The van der Waals surface area contributed by atoms with E-state index in [4.69, 9.17) is 9.47 Å². The van der Waals surface area contributed by atoms with Crippen molar-refractivity contribution in [2.24, 2.45) is 0 Å². The highest BCUT2D eigenvalue weighted by Gasteiger charge is 2.24. The molecule has 6 heteroatoms. The summed E-state index contributed by atoms with van der Waals surface area (Å²) in [5.74, 6) is 2.60. The third-order valence-corrected chi connectivity index (χ3v) is 19.8. The highest BCUT2D eigenvalue weighted by Crippen LogP contribution is 2.28. The van der Waals surface area contributed by atoms with Gasteiger partial charge >= 0.3 is 0 Å². The Labute approximate surface area is 290 Å². The Morgan fingerprint density at radius 1 is 0.386 bits per heavy atom. The van der Waals surface area contributed by atoms with Crippen LogP contribution in [0.15, 0.2) is 0 Å². The number of hydrogen-bond acceptors (Lipinski definition) is 4. The molecule has 0 bridgehead atoms. The first-order chi connectivity index (χ1) is 21.7. The third kappa shape index (κ3) is 28.1. The SMILES string of the molecule is CCCCCOC(CCCSSCCCC(OCCCCC)[SiH](CCCCC)CCCCC)[SiH](CCCCC)CCCCC. The van der Waals surface area contributed by atoms with Crippen LogP contribution >= 0.6 is 21.6 Å². The van der Waals surface area contributed by atoms with Crippen molar-refractivity contribution in [2.75, 3.05) is 24.7 Å². The second-order valence-corrected chi connectivity index (χ2v) is 23.2. The minimum atomic E-state index is -0.840. The Morgan fingerprint density at radius 3 is 0.977 bits per heavy atom. The number of hydrogen-bond donors (Lipinski definition) is 0. The van der Waals surface area contributed by atoms with E-state index in [1.807, 2.05) is 0 Å². The molecule has 2 nitrogen and oxygen atoms in total. The molecule has 0 saturated heterocycles. The van der Waals surface area contributed by atoms with Gasteiger partial charge in [0.15, 0.2) is 0 Å². The Hall–Kier alpha value is 1.05. The summed E-state index contributed by atoms with van der Waals surface area (Å²) < 4.78 is 13.4. The fraction of sp³-hybridized carbons (Fsp3) is 1.00. The van der Waals surface area contributed by atoms with Gasteiger partial charge in [-0.2, -0.15) is 0 Å². The van der Waals surface area contributed by atoms with Crippen LogP contribution in [0.3, 0.4) is 0 Å². The van der Waals surface area contributed by atoms with E-state index in [2.05, 4.69) is 63.1 Å². The maximum atomic E-state index is 6.71. The van der Waals surface area contributed by atoms with Crippen molar-refractivity contribution >= 4 is 39.2 Å². The summed E-state index contributed by atoms with van der Waals surface area (Å²) in [6, 6.07) is 6.06. The Morgan fingerprint density at radius 2 is 0.682 bits per heavy atom. The second-order valence-electron chi connectivity index (χ2n) is 13.7. The van der Waals surface area contributed by atoms with E-state index >= 15 is 0 Å². The van der Waals surface area contributed by atoms with Crippen molar-refractivity contribution in [3.63, 3.8) is 0 Å². The molecule has 266 valence electrons. The first kappa shape index (κ1) is 45.1. The van der Waals surface area contributed by atoms with Gasteiger partial charge in [-0.25, -0.2) is 0 Å². The summed E-state index contributed by atoms with van der Waals surface area (Å²) in [6.07, 6.45) is 29.9. The van der Waals surface area contributed by atoms with E-state index in [9.17, 15) is 0 Å². The van der Waals surface area contributed by atoms with Crippen molar-refractivity contribution in [2.45, 2.75) is 218 Å². The molecule has 0 heterocycles. The number of rotatable bonds is 37. The molecular weight excluding hydrogens is 609 g/mol. The maximum absolute atomic E-state index is 6.71. The first-order valence-electron chi connectivity index (χ1n) is 20.2. The lowest BCUT2D eigenvalue weighted by Crippen LogP contribution is -2.34. The Bertz CT molecular complexity index is 477. The lowest BCUT2D eigenvalue weighted by atomic mass is 10.3. The highest BCUT2D eigenvalue weighted by atomic mass is 33.1. The third-order valence-electron chi connectivity index (χ3n) is 9.44. The maximum Gasteiger partial charge on any atom is 0.0717 e. The summed E-state index contributed by atoms with van der Waals surface area (Å²) in [5, 5.41) is 0. The van der Waals surface area contributed by atoms with Gasteiger partial charge in [0.2, 0.25) is 0 Å². The van der Waals surface area contributed by atoms with Crippen molar-refractivity contribution in [3.05, 3.63) is 0 Å². The van der Waals surface area contributed by atoms with Crippen molar-refractivity contribution in [3.8, 4) is 0 Å². The molecule has 44 heavy (non-hydrogen) atoms. The van der Waals surface area contributed by atoms with Gasteiger partial charge in [-0.05, 0) is 38.5 Å². The second kappa shape index (κ2) is 36.9. The van der Waals surface area contributed by atoms with E-state index in [0.29, 0.717) is 11.5 Å². The molecule has 0 aliphatic carbocycles. The van der Waals surface area contributed by atoms with Crippen molar-refractivity contribution in [1.29, 1.82) is 0 Å². The van der Waals surface area contributed by atoms with Gasteiger partial charge in [-0.1, -0.05) is 190 Å². The average Bonchev–Trinajstić information content (AvgIpc) is 3.03. The van der Waals surface area contributed by atoms with Gasteiger partial charge in [-0.15, -0.1) is 0 Å². The van der Waals surface area contributed by atoms with Gasteiger partial charge in [0.05, 0.1) is 17.6 Å². The molecule has 0 radical (unpaired) electrons. The largest absolute Gasteiger partial charge is 0.382 e. The summed E-state index contributed by atoms with van der Waals surface area (Å²) in [4.78, 5) is 0. The topological polar surface area (TPSA) is 18.5 Å². The smallest absolute Gasteiger partial charge is 0.0717 e. The Balaban J connectivity index is 4.76. The number of unbranched alkanes of at least 4 members (excludes halogenated alkanes) is 12. The zero-order valence-corrected chi connectivity index (χ0v) is 35.1. The van der Waals surface area contributed by atoms with Crippen LogP contribution < -0.4 is 0 Å².